The predicted octanol–water partition coefficient (Wildman–Crippen LogP) is 1.64. The average molecular weight is 370 g/mol. The number of nitrogens with one attached hydrogen (secondary N) is 2. The molecule has 2 rings (SSSR count). The number of quaternary nitrogens is 1. The second kappa shape index (κ2) is 8.29. The third-order valence-electron chi connectivity index (χ3n) is 4.43. The van der Waals surface area contributed by atoms with Gasteiger partial charge in [0.25, 0.3) is 5.91 Å². The molecule has 0 fully saturated rings. The lowest BCUT2D eigenvalue weighted by molar-refractivity contribution is -0.888. The molecule has 1 amide bonds. The molecule has 1 aliphatic rings. The molecule has 0 aromatic carbocycles. The minimum absolute atomic E-state index is 0.0805. The smallest absolute Gasteiger partial charge is 0.341 e. The van der Waals surface area contributed by atoms with E-state index in [0.29, 0.717) is 36.7 Å². The number of carbonyl (C=O) groups excluding carboxylic acids is 2. The molecule has 2 heterocycles. The summed E-state index contributed by atoms with van der Waals surface area (Å²) >= 11 is 1.42. The predicted molar refractivity (Wildman–Crippen MR) is 98.4 cm³/mol. The van der Waals surface area contributed by atoms with Gasteiger partial charge in [0.05, 0.1) is 37.5 Å². The molecular weight excluding hydrogens is 340 g/mol. The SMILES string of the molecule is CCOC(=O)c1c(NC(=O)C[NH+](CC)CC)sc2c1CC(C)(C)OC2. The van der Waals surface area contributed by atoms with E-state index in [0.717, 1.165) is 23.5 Å². The molecule has 0 bridgehead atoms. The lowest BCUT2D eigenvalue weighted by Gasteiger charge is -2.30. The van der Waals surface area contributed by atoms with Crippen molar-refractivity contribution < 1.29 is 24.0 Å². The Morgan fingerprint density at radius 2 is 1.96 bits per heavy atom. The number of fused-ring (bicyclic) bond motifs is 1. The Balaban J connectivity index is 2.29. The number of ether oxygens (including phenoxy) is 2. The number of rotatable bonds is 7. The van der Waals surface area contributed by atoms with Crippen LogP contribution in [0.1, 0.15) is 55.4 Å². The molecule has 0 spiro atoms. The van der Waals surface area contributed by atoms with Gasteiger partial charge in [-0.3, -0.25) is 4.79 Å². The van der Waals surface area contributed by atoms with Crippen LogP contribution < -0.4 is 10.2 Å². The van der Waals surface area contributed by atoms with E-state index in [1.54, 1.807) is 6.92 Å². The molecule has 0 saturated carbocycles. The zero-order valence-electron chi connectivity index (χ0n) is 15.8. The number of amides is 1. The second-order valence-corrected chi connectivity index (χ2v) is 7.94. The largest absolute Gasteiger partial charge is 0.462 e. The molecule has 1 aliphatic heterocycles. The molecule has 0 radical (unpaired) electrons. The van der Waals surface area contributed by atoms with Gasteiger partial charge in [-0.25, -0.2) is 4.79 Å². The molecule has 6 nitrogen and oxygen atoms in total. The van der Waals surface area contributed by atoms with Gasteiger partial charge in [-0.2, -0.15) is 0 Å². The lowest BCUT2D eigenvalue weighted by atomic mass is 9.93. The van der Waals surface area contributed by atoms with Gasteiger partial charge < -0.3 is 19.7 Å². The van der Waals surface area contributed by atoms with Gasteiger partial charge in [0.15, 0.2) is 6.54 Å². The van der Waals surface area contributed by atoms with Crippen molar-refractivity contribution in [2.75, 3.05) is 31.6 Å². The fourth-order valence-corrected chi connectivity index (χ4v) is 4.09. The summed E-state index contributed by atoms with van der Waals surface area (Å²) in [7, 11) is 0. The summed E-state index contributed by atoms with van der Waals surface area (Å²) in [4.78, 5) is 27.1. The number of hydrogen-bond acceptors (Lipinski definition) is 5. The first-order valence-electron chi connectivity index (χ1n) is 8.90. The Morgan fingerprint density at radius 1 is 1.28 bits per heavy atom. The molecule has 1 aromatic rings. The molecule has 2 N–H and O–H groups in total. The first-order valence-corrected chi connectivity index (χ1v) is 9.71. The summed E-state index contributed by atoms with van der Waals surface area (Å²) in [6, 6.07) is 0. The fraction of sp³-hybridized carbons (Fsp3) is 0.667. The highest BCUT2D eigenvalue weighted by Gasteiger charge is 2.34. The molecule has 0 atom stereocenters. The van der Waals surface area contributed by atoms with E-state index in [2.05, 4.69) is 19.2 Å². The molecule has 7 heteroatoms. The van der Waals surface area contributed by atoms with Crippen LogP contribution in [0.3, 0.4) is 0 Å². The van der Waals surface area contributed by atoms with E-state index < -0.39 is 0 Å². The summed E-state index contributed by atoms with van der Waals surface area (Å²) in [6.45, 7) is 12.8. The van der Waals surface area contributed by atoms with Crippen LogP contribution in [-0.2, 0) is 27.3 Å². The highest BCUT2D eigenvalue weighted by Crippen LogP contribution is 2.40. The summed E-state index contributed by atoms with van der Waals surface area (Å²) in [5, 5.41) is 3.52. The van der Waals surface area contributed by atoms with Crippen molar-refractivity contribution in [1.82, 2.24) is 0 Å². The van der Waals surface area contributed by atoms with Crippen LogP contribution in [0.5, 0.6) is 0 Å². The maximum absolute atomic E-state index is 12.5. The Hall–Kier alpha value is -1.44. The highest BCUT2D eigenvalue weighted by atomic mass is 32.1. The van der Waals surface area contributed by atoms with Crippen LogP contribution in [0.25, 0.3) is 0 Å². The van der Waals surface area contributed by atoms with Crippen molar-refractivity contribution in [1.29, 1.82) is 0 Å². The molecule has 25 heavy (non-hydrogen) atoms. The van der Waals surface area contributed by atoms with E-state index in [1.165, 1.54) is 16.2 Å². The minimum Gasteiger partial charge on any atom is -0.462 e. The number of thiophene rings is 1. The van der Waals surface area contributed by atoms with E-state index in [-0.39, 0.29) is 17.5 Å². The Morgan fingerprint density at radius 3 is 2.56 bits per heavy atom. The number of anilines is 1. The summed E-state index contributed by atoms with van der Waals surface area (Å²) in [5.41, 5.74) is 1.12. The number of esters is 1. The van der Waals surface area contributed by atoms with Crippen LogP contribution in [0.4, 0.5) is 5.00 Å². The van der Waals surface area contributed by atoms with Gasteiger partial charge in [0, 0.05) is 11.3 Å². The van der Waals surface area contributed by atoms with E-state index in [9.17, 15) is 9.59 Å². The van der Waals surface area contributed by atoms with E-state index in [1.807, 2.05) is 13.8 Å². The van der Waals surface area contributed by atoms with Crippen molar-refractivity contribution >= 4 is 28.2 Å². The first-order chi connectivity index (χ1) is 11.8. The van der Waals surface area contributed by atoms with Crippen LogP contribution in [0, 0.1) is 0 Å². The fourth-order valence-electron chi connectivity index (χ4n) is 2.96. The molecule has 140 valence electrons. The highest BCUT2D eigenvalue weighted by molar-refractivity contribution is 7.17. The van der Waals surface area contributed by atoms with Crippen molar-refractivity contribution in [2.24, 2.45) is 0 Å². The van der Waals surface area contributed by atoms with Crippen molar-refractivity contribution in [3.63, 3.8) is 0 Å². The minimum atomic E-state index is -0.372. The van der Waals surface area contributed by atoms with Gasteiger partial charge in [0.2, 0.25) is 0 Å². The standard InChI is InChI=1S/C18H28N2O4S/c1-6-20(7-2)10-14(21)19-16-15(17(22)23-8-3)12-9-18(4,5)24-11-13(12)25-16/h6-11H2,1-5H3,(H,19,21)/p+1. The summed E-state index contributed by atoms with van der Waals surface area (Å²) < 4.78 is 11.1. The maximum Gasteiger partial charge on any atom is 0.341 e. The Labute approximate surface area is 153 Å². The first kappa shape index (κ1) is 19.9. The molecule has 0 saturated heterocycles. The maximum atomic E-state index is 12.5. The normalized spacial score (nSPS) is 15.8. The summed E-state index contributed by atoms with van der Waals surface area (Å²) in [5.74, 6) is -0.453. The van der Waals surface area contributed by atoms with Crippen molar-refractivity contribution in [3.05, 3.63) is 16.0 Å². The van der Waals surface area contributed by atoms with Crippen LogP contribution in [0.15, 0.2) is 0 Å². The molecule has 0 unspecified atom stereocenters. The van der Waals surface area contributed by atoms with E-state index in [4.69, 9.17) is 9.47 Å². The van der Waals surface area contributed by atoms with E-state index >= 15 is 0 Å². The summed E-state index contributed by atoms with van der Waals surface area (Å²) in [6.07, 6.45) is 0.629. The van der Waals surface area contributed by atoms with Crippen molar-refractivity contribution in [2.45, 2.75) is 53.2 Å². The zero-order valence-corrected chi connectivity index (χ0v) is 16.6. The Bertz CT molecular complexity index is 635. The van der Waals surface area contributed by atoms with Gasteiger partial charge in [-0.05, 0) is 40.2 Å². The van der Waals surface area contributed by atoms with Gasteiger partial charge in [-0.15, -0.1) is 11.3 Å². The third kappa shape index (κ3) is 4.80. The molecule has 0 aliphatic carbocycles. The monoisotopic (exact) mass is 369 g/mol. The van der Waals surface area contributed by atoms with Crippen LogP contribution in [0.2, 0.25) is 0 Å². The zero-order chi connectivity index (χ0) is 18.6. The van der Waals surface area contributed by atoms with Crippen molar-refractivity contribution in [3.8, 4) is 0 Å². The van der Waals surface area contributed by atoms with Gasteiger partial charge in [-0.1, -0.05) is 0 Å². The second-order valence-electron chi connectivity index (χ2n) is 6.84. The van der Waals surface area contributed by atoms with Gasteiger partial charge in [0.1, 0.15) is 5.00 Å². The lowest BCUT2D eigenvalue weighted by Crippen LogP contribution is -3.12. The molecular formula is C18H29N2O4S+. The average Bonchev–Trinajstić information content (AvgIpc) is 2.88. The third-order valence-corrected chi connectivity index (χ3v) is 5.55. The number of carbonyl (C=O) groups is 2. The molecule has 1 aromatic heterocycles. The topological polar surface area (TPSA) is 69.1 Å². The van der Waals surface area contributed by atoms with Gasteiger partial charge >= 0.3 is 5.97 Å². The number of hydrogen-bond donors (Lipinski definition) is 2. The van der Waals surface area contributed by atoms with Crippen LogP contribution >= 0.6 is 11.3 Å². The quantitative estimate of drug-likeness (QED) is 0.717. The number of likely N-dealkylation sites (N-methyl/N-ethyl adjacent to an activating group) is 1. The van der Waals surface area contributed by atoms with Crippen LogP contribution in [-0.4, -0.2) is 43.7 Å². The Kier molecular flexibility index (Phi) is 6.59.